The Morgan fingerprint density at radius 2 is 1.56 bits per heavy atom. The van der Waals surface area contributed by atoms with Crippen molar-refractivity contribution in [3.8, 4) is 0 Å². The molecule has 0 aromatic heterocycles. The fourth-order valence-corrected chi connectivity index (χ4v) is 10.7. The molecule has 2 saturated heterocycles. The first-order valence-electron chi connectivity index (χ1n) is 26.4. The number of nitrogens with zero attached hydrogens (tertiary/aromatic N) is 1. The second kappa shape index (κ2) is 28.3. The SMILES string of the molecule is COC1C[C@@H]2CC[C@@H](C)[C@@](O)(O2)C(=O)C(=O)N2CCCC[C@H]2C(=O)O[C@H]([C@H](C)C[C@@H]2CC[C@@H](OC(=O)C(C)(CO)CO)[C@H](OC)C2)CC(=O)[C@H](C)/C=C(\C)[C@@H](O)[C@@H](OC)C(=O)[C@H](C)C[C@H](C)/C=C/C=C/C=C/1C. The zero-order valence-corrected chi connectivity index (χ0v) is 45.3. The number of ether oxygens (including phenoxy) is 6. The number of aliphatic hydroxyl groups excluding tert-OH is 3. The van der Waals surface area contributed by atoms with Crippen molar-refractivity contribution >= 4 is 35.2 Å². The number of hydrogen-bond acceptors (Lipinski definition) is 16. The molecule has 15 atom stereocenters. The maximum absolute atomic E-state index is 14.5. The number of rotatable bonds is 10. The number of allylic oxidation sites excluding steroid dienone is 6. The van der Waals surface area contributed by atoms with Crippen molar-refractivity contribution in [2.24, 2.45) is 40.9 Å². The minimum atomic E-state index is -2.47. The van der Waals surface area contributed by atoms with E-state index in [0.29, 0.717) is 69.8 Å². The third-order valence-electron chi connectivity index (χ3n) is 15.9. The molecule has 1 aliphatic carbocycles. The molecular weight excluding hydrogens is 943 g/mol. The van der Waals surface area contributed by atoms with Crippen molar-refractivity contribution < 1.29 is 77.6 Å². The van der Waals surface area contributed by atoms with Crippen LogP contribution >= 0.6 is 0 Å². The lowest BCUT2D eigenvalue weighted by atomic mass is 9.78. The number of ketones is 3. The molecule has 4 aliphatic rings. The number of carbonyl (C=O) groups excluding carboxylic acids is 6. The summed E-state index contributed by atoms with van der Waals surface area (Å²) in [7, 11) is 4.43. The topological polar surface area (TPSA) is 242 Å². The lowest BCUT2D eigenvalue weighted by Gasteiger charge is -2.42. The van der Waals surface area contributed by atoms with Crippen LogP contribution in [0.15, 0.2) is 47.6 Å². The van der Waals surface area contributed by atoms with E-state index in [0.717, 1.165) is 10.5 Å². The van der Waals surface area contributed by atoms with E-state index in [1.807, 2.05) is 51.2 Å². The Kier molecular flexibility index (Phi) is 23.9. The number of hydrogen-bond donors (Lipinski definition) is 4. The van der Waals surface area contributed by atoms with E-state index < -0.39 is 120 Å². The third kappa shape index (κ3) is 16.0. The van der Waals surface area contributed by atoms with Gasteiger partial charge in [0.2, 0.25) is 5.79 Å². The van der Waals surface area contributed by atoms with Crippen molar-refractivity contribution in [1.82, 2.24) is 4.90 Å². The van der Waals surface area contributed by atoms with Crippen LogP contribution in [0.2, 0.25) is 0 Å². The predicted octanol–water partition coefficient (Wildman–Crippen LogP) is 5.72. The molecule has 17 heteroatoms. The van der Waals surface area contributed by atoms with Crippen LogP contribution in [0.25, 0.3) is 0 Å². The summed E-state index contributed by atoms with van der Waals surface area (Å²) in [6, 6.07) is -1.20. The van der Waals surface area contributed by atoms with Gasteiger partial charge in [-0.25, -0.2) is 4.79 Å². The van der Waals surface area contributed by atoms with Crippen LogP contribution in [0.3, 0.4) is 0 Å². The summed E-state index contributed by atoms with van der Waals surface area (Å²) in [5.74, 6) is -9.36. The lowest BCUT2D eigenvalue weighted by molar-refractivity contribution is -0.265. The van der Waals surface area contributed by atoms with Gasteiger partial charge in [0.05, 0.1) is 31.5 Å². The Labute approximate surface area is 433 Å². The number of cyclic esters (lactones) is 1. The standard InChI is InChI=1S/C56H87NO16/c1-33-17-13-12-14-18-34(2)45(68-9)29-41-22-20-39(7)56(67,73-41)51(63)52(64)57-24-16-15-19-42(57)53(65)71-46(30-43(60)35(3)26-38(6)49(62)50(70-11)48(61)37(5)25-33)36(4)27-40-21-23-44(47(28-40)69-10)72-54(66)55(8,31-58)32-59/h12-14,17-18,26,33,35-37,39-42,44-47,49-50,58-59,62,67H,15-16,19-25,27-32H2,1-11H3/b14-12+,17-13+,34-18+,38-26+/t33-,35-,36-,37-,39-,40+,41+,42+,44-,45?,46+,47-,49-,50+,56-/m1/s1. The first-order chi connectivity index (χ1) is 34.5. The number of aliphatic hydroxyl groups is 4. The summed E-state index contributed by atoms with van der Waals surface area (Å²) in [4.78, 5) is 85.4. The minimum Gasteiger partial charge on any atom is -0.460 e. The molecule has 0 spiro atoms. The van der Waals surface area contributed by atoms with E-state index in [-0.39, 0.29) is 42.8 Å². The van der Waals surface area contributed by atoms with E-state index in [4.69, 9.17) is 28.4 Å². The number of Topliss-reactive ketones (excluding diaryl/α,β-unsaturated/α-hetero) is 3. The van der Waals surface area contributed by atoms with Gasteiger partial charge in [-0.1, -0.05) is 71.1 Å². The summed E-state index contributed by atoms with van der Waals surface area (Å²) in [6.07, 6.45) is 9.76. The van der Waals surface area contributed by atoms with Crippen molar-refractivity contribution in [2.75, 3.05) is 41.1 Å². The van der Waals surface area contributed by atoms with Gasteiger partial charge >= 0.3 is 11.9 Å². The van der Waals surface area contributed by atoms with Gasteiger partial charge < -0.3 is 53.7 Å². The highest BCUT2D eigenvalue weighted by atomic mass is 16.6. The zero-order valence-electron chi connectivity index (χ0n) is 45.3. The molecule has 73 heavy (non-hydrogen) atoms. The second-order valence-electron chi connectivity index (χ2n) is 21.8. The first kappa shape index (κ1) is 61.6. The van der Waals surface area contributed by atoms with Crippen LogP contribution in [0.1, 0.15) is 132 Å². The molecule has 2 bridgehead atoms. The van der Waals surface area contributed by atoms with Crippen LogP contribution in [-0.4, -0.2) is 156 Å². The Morgan fingerprint density at radius 3 is 2.21 bits per heavy atom. The summed E-state index contributed by atoms with van der Waals surface area (Å²) < 4.78 is 35.4. The normalized spacial score (nSPS) is 37.4. The van der Waals surface area contributed by atoms with E-state index >= 15 is 0 Å². The van der Waals surface area contributed by atoms with E-state index in [9.17, 15) is 49.2 Å². The summed E-state index contributed by atoms with van der Waals surface area (Å²) in [5.41, 5.74) is -0.277. The largest absolute Gasteiger partial charge is 0.460 e. The molecule has 412 valence electrons. The van der Waals surface area contributed by atoms with E-state index in [2.05, 4.69) is 0 Å². The smallest absolute Gasteiger partial charge is 0.329 e. The molecule has 3 fully saturated rings. The Morgan fingerprint density at radius 1 is 0.863 bits per heavy atom. The maximum atomic E-state index is 14.5. The highest BCUT2D eigenvalue weighted by Gasteiger charge is 2.53. The van der Waals surface area contributed by atoms with Crippen LogP contribution in [-0.2, 0) is 57.2 Å². The van der Waals surface area contributed by atoms with Gasteiger partial charge in [0.25, 0.3) is 11.7 Å². The average molecular weight is 1030 g/mol. The van der Waals surface area contributed by atoms with Crippen molar-refractivity contribution in [1.29, 1.82) is 0 Å². The Hall–Kier alpha value is -3.94. The highest BCUT2D eigenvalue weighted by Crippen LogP contribution is 2.38. The highest BCUT2D eigenvalue weighted by molar-refractivity contribution is 6.39. The van der Waals surface area contributed by atoms with Crippen LogP contribution in [0.5, 0.6) is 0 Å². The van der Waals surface area contributed by atoms with Gasteiger partial charge in [0, 0.05) is 58.5 Å². The molecule has 0 radical (unpaired) electrons. The number of esters is 2. The molecular formula is C56H87NO16. The molecule has 17 nitrogen and oxygen atoms in total. The lowest BCUT2D eigenvalue weighted by Crippen LogP contribution is -2.61. The maximum Gasteiger partial charge on any atom is 0.329 e. The van der Waals surface area contributed by atoms with Crippen molar-refractivity contribution in [2.45, 2.75) is 187 Å². The minimum absolute atomic E-state index is 0.00697. The van der Waals surface area contributed by atoms with Crippen LogP contribution in [0.4, 0.5) is 0 Å². The quantitative estimate of drug-likeness (QED) is 0.116. The van der Waals surface area contributed by atoms with Gasteiger partial charge in [0.15, 0.2) is 5.78 Å². The summed E-state index contributed by atoms with van der Waals surface area (Å²) in [6.45, 7) is 12.7. The summed E-state index contributed by atoms with van der Waals surface area (Å²) in [5, 5.41) is 43.1. The van der Waals surface area contributed by atoms with E-state index in [1.165, 1.54) is 21.1 Å². The Bertz CT molecular complexity index is 2010. The molecule has 1 amide bonds. The monoisotopic (exact) mass is 1030 g/mol. The van der Waals surface area contributed by atoms with E-state index in [1.54, 1.807) is 40.9 Å². The number of methoxy groups -OCH3 is 3. The number of piperidine rings is 1. The fourth-order valence-electron chi connectivity index (χ4n) is 10.7. The van der Waals surface area contributed by atoms with Gasteiger partial charge in [-0.05, 0) is 114 Å². The molecule has 3 heterocycles. The van der Waals surface area contributed by atoms with Crippen LogP contribution in [0, 0.1) is 40.9 Å². The van der Waals surface area contributed by atoms with Gasteiger partial charge in [-0.2, -0.15) is 0 Å². The second-order valence-corrected chi connectivity index (χ2v) is 21.8. The molecule has 0 aromatic carbocycles. The Balaban J connectivity index is 1.69. The molecule has 1 unspecified atom stereocenters. The number of fused-ring (bicyclic) bond motifs is 3. The van der Waals surface area contributed by atoms with Crippen LogP contribution < -0.4 is 0 Å². The van der Waals surface area contributed by atoms with Gasteiger partial charge in [-0.15, -0.1) is 0 Å². The van der Waals surface area contributed by atoms with Crippen molar-refractivity contribution in [3.05, 3.63) is 47.6 Å². The van der Waals surface area contributed by atoms with Gasteiger partial charge in [-0.3, -0.25) is 24.0 Å². The molecule has 0 aromatic rings. The molecule has 1 saturated carbocycles. The third-order valence-corrected chi connectivity index (χ3v) is 15.9. The number of carbonyl (C=O) groups is 6. The fraction of sp³-hybridized carbons (Fsp3) is 0.750. The van der Waals surface area contributed by atoms with Crippen molar-refractivity contribution in [3.63, 3.8) is 0 Å². The first-order valence-corrected chi connectivity index (χ1v) is 26.4. The molecule has 4 rings (SSSR count). The molecule has 3 aliphatic heterocycles. The number of amides is 1. The summed E-state index contributed by atoms with van der Waals surface area (Å²) >= 11 is 0. The average Bonchev–Trinajstić information content (AvgIpc) is 3.37. The zero-order chi connectivity index (χ0) is 54.4. The van der Waals surface area contributed by atoms with Gasteiger partial charge in [0.1, 0.15) is 41.7 Å². The molecule has 4 N–H and O–H groups in total. The predicted molar refractivity (Wildman–Crippen MR) is 271 cm³/mol.